The number of likely N-dealkylation sites (N-methyl/N-ethyl adjacent to an activating group) is 1. The minimum Gasteiger partial charge on any atom is -0.374 e. The Morgan fingerprint density at radius 1 is 1.30 bits per heavy atom. The lowest BCUT2D eigenvalue weighted by atomic mass is 9.93. The molecule has 0 saturated carbocycles. The van der Waals surface area contributed by atoms with Crippen LogP contribution < -0.4 is 4.90 Å². The van der Waals surface area contributed by atoms with Crippen LogP contribution in [0.3, 0.4) is 0 Å². The number of Topliss-reactive ketones (excluding diaryl/α,β-unsaturated/α-hetero) is 2. The molecule has 0 unspecified atom stereocenters. The molecule has 1 aromatic carbocycles. The normalized spacial score (nSPS) is 14.2. The number of anilines is 1. The summed E-state index contributed by atoms with van der Waals surface area (Å²) in [7, 11) is 3.62. The fourth-order valence-corrected chi connectivity index (χ4v) is 2.83. The van der Waals surface area contributed by atoms with Gasteiger partial charge in [-0.05, 0) is 18.1 Å². The summed E-state index contributed by atoms with van der Waals surface area (Å²) in [5.41, 5.74) is 2.54. The van der Waals surface area contributed by atoms with Crippen LogP contribution in [0.25, 0.3) is 0 Å². The third-order valence-electron chi connectivity index (χ3n) is 4.19. The molecule has 1 atom stereocenters. The van der Waals surface area contributed by atoms with Crippen LogP contribution in [-0.4, -0.2) is 34.7 Å². The van der Waals surface area contributed by atoms with Gasteiger partial charge in [-0.25, -0.2) is 4.98 Å². The third-order valence-corrected chi connectivity index (χ3v) is 4.19. The van der Waals surface area contributed by atoms with E-state index in [4.69, 9.17) is 0 Å². The zero-order chi connectivity index (χ0) is 16.6. The number of hydrogen-bond donors (Lipinski definition) is 0. The van der Waals surface area contributed by atoms with Gasteiger partial charge in [0.25, 0.3) is 0 Å². The predicted octanol–water partition coefficient (Wildman–Crippen LogP) is 1.62. The number of benzene rings is 1. The highest BCUT2D eigenvalue weighted by molar-refractivity contribution is 6.17. The molecule has 6 heteroatoms. The van der Waals surface area contributed by atoms with Crippen molar-refractivity contribution >= 4 is 17.3 Å². The predicted molar refractivity (Wildman–Crippen MR) is 84.4 cm³/mol. The molecule has 0 amide bonds. The Labute approximate surface area is 134 Å². The molecule has 3 rings (SSSR count). The molecular weight excluding hydrogens is 292 g/mol. The van der Waals surface area contributed by atoms with E-state index in [2.05, 4.69) is 9.88 Å². The molecule has 2 aromatic rings. The lowest BCUT2D eigenvalue weighted by molar-refractivity contribution is 0.0838. The fraction of sp³-hybridized carbons (Fsp3) is 0.294. The van der Waals surface area contributed by atoms with E-state index in [0.29, 0.717) is 5.56 Å². The average molecular weight is 308 g/mol. The molecule has 0 aliphatic carbocycles. The van der Waals surface area contributed by atoms with Crippen molar-refractivity contribution in [3.05, 3.63) is 47.5 Å². The van der Waals surface area contributed by atoms with Crippen molar-refractivity contribution in [2.24, 2.45) is 13.0 Å². The number of aryl methyl sites for hydroxylation is 1. The second kappa shape index (κ2) is 5.69. The van der Waals surface area contributed by atoms with Crippen LogP contribution >= 0.6 is 0 Å². The van der Waals surface area contributed by atoms with Gasteiger partial charge in [-0.1, -0.05) is 12.1 Å². The molecule has 0 bridgehead atoms. The van der Waals surface area contributed by atoms with E-state index in [0.717, 1.165) is 18.7 Å². The van der Waals surface area contributed by atoms with Crippen LogP contribution in [0.2, 0.25) is 0 Å². The number of carbonyl (C=O) groups excluding carboxylic acids is 2. The van der Waals surface area contributed by atoms with E-state index < -0.39 is 17.5 Å². The number of carbonyl (C=O) groups is 2. The lowest BCUT2D eigenvalue weighted by Gasteiger charge is -2.13. The lowest BCUT2D eigenvalue weighted by Crippen LogP contribution is -2.25. The quantitative estimate of drug-likeness (QED) is 0.633. The molecule has 1 aliphatic rings. The summed E-state index contributed by atoms with van der Waals surface area (Å²) in [6.45, 7) is 0.904. The molecule has 23 heavy (non-hydrogen) atoms. The summed E-state index contributed by atoms with van der Waals surface area (Å²) in [5.74, 6) is -2.31. The fourth-order valence-electron chi connectivity index (χ4n) is 2.83. The van der Waals surface area contributed by atoms with Gasteiger partial charge >= 0.3 is 0 Å². The van der Waals surface area contributed by atoms with E-state index in [1.165, 1.54) is 16.3 Å². The second-order valence-corrected chi connectivity index (χ2v) is 5.67. The van der Waals surface area contributed by atoms with E-state index in [1.807, 2.05) is 19.2 Å². The summed E-state index contributed by atoms with van der Waals surface area (Å²) in [5, 5.41) is 9.32. The largest absolute Gasteiger partial charge is 0.374 e. The average Bonchev–Trinajstić information content (AvgIpc) is 3.14. The van der Waals surface area contributed by atoms with Crippen LogP contribution in [0.4, 0.5) is 5.69 Å². The highest BCUT2D eigenvalue weighted by atomic mass is 16.2. The van der Waals surface area contributed by atoms with Crippen LogP contribution in [-0.2, 0) is 13.5 Å². The highest BCUT2D eigenvalue weighted by Crippen LogP contribution is 2.28. The van der Waals surface area contributed by atoms with Gasteiger partial charge in [0.2, 0.25) is 5.78 Å². The first-order chi connectivity index (χ1) is 11.0. The molecule has 2 heterocycles. The summed E-state index contributed by atoms with van der Waals surface area (Å²) >= 11 is 0. The molecule has 0 fully saturated rings. The summed E-state index contributed by atoms with van der Waals surface area (Å²) in [6.07, 6.45) is 4.02. The second-order valence-electron chi connectivity index (χ2n) is 5.67. The molecule has 1 aromatic heterocycles. The zero-order valence-corrected chi connectivity index (χ0v) is 13.0. The number of fused-ring (bicyclic) bond motifs is 1. The third kappa shape index (κ3) is 2.50. The van der Waals surface area contributed by atoms with E-state index >= 15 is 0 Å². The van der Waals surface area contributed by atoms with Crippen LogP contribution in [0.15, 0.2) is 30.6 Å². The minimum atomic E-state index is -1.37. The van der Waals surface area contributed by atoms with Crippen LogP contribution in [0.1, 0.15) is 26.5 Å². The zero-order valence-electron chi connectivity index (χ0n) is 13.0. The number of ketones is 2. The summed E-state index contributed by atoms with van der Waals surface area (Å²) in [4.78, 5) is 31.1. The van der Waals surface area contributed by atoms with Crippen molar-refractivity contribution in [1.82, 2.24) is 9.55 Å². The Hall–Kier alpha value is -2.94. The molecule has 6 nitrogen and oxygen atoms in total. The molecule has 0 radical (unpaired) electrons. The van der Waals surface area contributed by atoms with Crippen molar-refractivity contribution in [3.63, 3.8) is 0 Å². The highest BCUT2D eigenvalue weighted by Gasteiger charge is 2.31. The topological polar surface area (TPSA) is 79.0 Å². The van der Waals surface area contributed by atoms with Gasteiger partial charge in [-0.3, -0.25) is 9.59 Å². The van der Waals surface area contributed by atoms with Gasteiger partial charge in [0.1, 0.15) is 0 Å². The first-order valence-electron chi connectivity index (χ1n) is 7.32. The maximum absolute atomic E-state index is 12.6. The molecular formula is C17H16N4O2. The summed E-state index contributed by atoms with van der Waals surface area (Å²) < 4.78 is 1.51. The summed E-state index contributed by atoms with van der Waals surface area (Å²) in [6, 6.07) is 7.18. The maximum Gasteiger partial charge on any atom is 0.223 e. The Bertz CT molecular complexity index is 831. The van der Waals surface area contributed by atoms with Crippen LogP contribution in [0.5, 0.6) is 0 Å². The Morgan fingerprint density at radius 3 is 2.74 bits per heavy atom. The first kappa shape index (κ1) is 15.0. The van der Waals surface area contributed by atoms with Crippen molar-refractivity contribution < 1.29 is 9.59 Å². The van der Waals surface area contributed by atoms with Crippen molar-refractivity contribution in [1.29, 1.82) is 5.26 Å². The van der Waals surface area contributed by atoms with Crippen LogP contribution in [0, 0.1) is 17.2 Å². The number of rotatable bonds is 4. The van der Waals surface area contributed by atoms with Gasteiger partial charge < -0.3 is 9.47 Å². The van der Waals surface area contributed by atoms with Crippen molar-refractivity contribution in [2.75, 3.05) is 18.5 Å². The Kier molecular flexibility index (Phi) is 3.70. The molecule has 1 aliphatic heterocycles. The standard InChI is InChI=1S/C17H16N4O2/c1-20-7-5-11-3-4-12(9-14(11)20)15(22)13(10-18)16(23)17-19-6-8-21(17)2/h3-4,6,8-9,13H,5,7H2,1-2H3/t13-/m0/s1. The van der Waals surface area contributed by atoms with Gasteiger partial charge in [-0.15, -0.1) is 0 Å². The Balaban J connectivity index is 1.93. The molecule has 0 saturated heterocycles. The smallest absolute Gasteiger partial charge is 0.223 e. The maximum atomic E-state index is 12.6. The van der Waals surface area contributed by atoms with Gasteiger partial charge in [0.05, 0.1) is 6.07 Å². The van der Waals surface area contributed by atoms with Crippen molar-refractivity contribution in [2.45, 2.75) is 6.42 Å². The molecule has 0 N–H and O–H groups in total. The monoisotopic (exact) mass is 308 g/mol. The number of imidazole rings is 1. The van der Waals surface area contributed by atoms with E-state index in [-0.39, 0.29) is 5.82 Å². The van der Waals surface area contributed by atoms with Gasteiger partial charge in [-0.2, -0.15) is 5.26 Å². The Morgan fingerprint density at radius 2 is 2.09 bits per heavy atom. The first-order valence-corrected chi connectivity index (χ1v) is 7.32. The molecule has 116 valence electrons. The number of hydrogen-bond acceptors (Lipinski definition) is 5. The SMILES string of the molecule is CN1CCc2ccc(C(=O)[C@H](C#N)C(=O)c3nccn3C)cc21. The van der Waals surface area contributed by atoms with Crippen molar-refractivity contribution in [3.8, 4) is 6.07 Å². The van der Waals surface area contributed by atoms with Gasteiger partial charge in [0.15, 0.2) is 17.5 Å². The molecule has 0 spiro atoms. The number of nitriles is 1. The van der Waals surface area contributed by atoms with E-state index in [9.17, 15) is 14.9 Å². The van der Waals surface area contributed by atoms with E-state index in [1.54, 1.807) is 25.4 Å². The minimum absolute atomic E-state index is 0.114. The van der Waals surface area contributed by atoms with Gasteiger partial charge in [0, 0.05) is 44.3 Å². The number of aromatic nitrogens is 2. The number of nitrogens with zero attached hydrogens (tertiary/aromatic N) is 4.